The van der Waals surface area contributed by atoms with Crippen LogP contribution in [0, 0.1) is 0 Å². The van der Waals surface area contributed by atoms with Crippen LogP contribution < -0.4 is 15.5 Å². The molecular formula is C26H22ClN3O2. The summed E-state index contributed by atoms with van der Waals surface area (Å²) >= 11 is 6.01. The summed E-state index contributed by atoms with van der Waals surface area (Å²) in [7, 11) is 0. The van der Waals surface area contributed by atoms with Crippen molar-refractivity contribution in [3.05, 3.63) is 101 Å². The molecule has 0 saturated heterocycles. The molecule has 0 bridgehead atoms. The lowest BCUT2D eigenvalue weighted by Crippen LogP contribution is -2.40. The van der Waals surface area contributed by atoms with Crippen molar-refractivity contribution in [1.82, 2.24) is 0 Å². The number of urea groups is 1. The number of amides is 2. The Kier molecular flexibility index (Phi) is 5.41. The zero-order chi connectivity index (χ0) is 22.1. The molecule has 3 aromatic carbocycles. The predicted molar refractivity (Wildman–Crippen MR) is 128 cm³/mol. The van der Waals surface area contributed by atoms with E-state index in [1.807, 2.05) is 54.6 Å². The summed E-state index contributed by atoms with van der Waals surface area (Å²) in [6, 6.07) is 23.5. The van der Waals surface area contributed by atoms with Gasteiger partial charge in [0.05, 0.1) is 17.4 Å². The van der Waals surface area contributed by atoms with Crippen molar-refractivity contribution in [2.75, 3.05) is 15.5 Å². The van der Waals surface area contributed by atoms with Crippen molar-refractivity contribution >= 4 is 40.5 Å². The molecule has 5 nitrogen and oxygen atoms in total. The second kappa shape index (κ2) is 8.52. The van der Waals surface area contributed by atoms with E-state index in [4.69, 9.17) is 11.6 Å². The van der Waals surface area contributed by atoms with Gasteiger partial charge in [0.15, 0.2) is 5.78 Å². The fourth-order valence-electron chi connectivity index (χ4n) is 4.43. The maximum atomic E-state index is 13.8. The van der Waals surface area contributed by atoms with Gasteiger partial charge in [0, 0.05) is 28.4 Å². The standard InChI is InChI=1S/C26H22ClN3O2/c27-18-13-15-19(16-14-18)28-26(32)30-22-11-5-4-9-20(22)29-21-10-6-12-23(31)24(21)25(30)17-7-2-1-3-8-17/h1-5,7-9,11,13-16,25,29H,6,10,12H2,(H,28,32). The number of rotatable bonds is 2. The van der Waals surface area contributed by atoms with Gasteiger partial charge in [-0.2, -0.15) is 0 Å². The van der Waals surface area contributed by atoms with Crippen molar-refractivity contribution in [2.24, 2.45) is 0 Å². The first-order valence-corrected chi connectivity index (χ1v) is 11.0. The van der Waals surface area contributed by atoms with Gasteiger partial charge >= 0.3 is 6.03 Å². The van der Waals surface area contributed by atoms with E-state index in [2.05, 4.69) is 10.6 Å². The number of Topliss-reactive ketones (excluding diaryl/α,β-unsaturated/α-hetero) is 1. The summed E-state index contributed by atoms with van der Waals surface area (Å²) in [4.78, 5) is 28.7. The van der Waals surface area contributed by atoms with Crippen molar-refractivity contribution in [1.29, 1.82) is 0 Å². The quantitative estimate of drug-likeness (QED) is 0.472. The molecule has 32 heavy (non-hydrogen) atoms. The number of carbonyl (C=O) groups excluding carboxylic acids is 2. The smallest absolute Gasteiger partial charge is 0.327 e. The monoisotopic (exact) mass is 443 g/mol. The number of allylic oxidation sites excluding steroid dienone is 1. The van der Waals surface area contributed by atoms with E-state index in [0.717, 1.165) is 35.5 Å². The first-order valence-electron chi connectivity index (χ1n) is 10.6. The molecule has 0 fully saturated rings. The first-order chi connectivity index (χ1) is 15.6. The van der Waals surface area contributed by atoms with E-state index in [9.17, 15) is 9.59 Å². The second-order valence-electron chi connectivity index (χ2n) is 7.93. The summed E-state index contributed by atoms with van der Waals surface area (Å²) in [6.07, 6.45) is 2.05. The minimum Gasteiger partial charge on any atom is -0.357 e. The highest BCUT2D eigenvalue weighted by Gasteiger charge is 2.39. The van der Waals surface area contributed by atoms with Crippen LogP contribution in [0.4, 0.5) is 21.9 Å². The van der Waals surface area contributed by atoms with Crippen LogP contribution in [0.25, 0.3) is 0 Å². The van der Waals surface area contributed by atoms with Crippen LogP contribution >= 0.6 is 11.6 Å². The summed E-state index contributed by atoms with van der Waals surface area (Å²) < 4.78 is 0. The highest BCUT2D eigenvalue weighted by Crippen LogP contribution is 2.44. The maximum Gasteiger partial charge on any atom is 0.327 e. The zero-order valence-corrected chi connectivity index (χ0v) is 18.1. The van der Waals surface area contributed by atoms with Crippen LogP contribution in [0.1, 0.15) is 30.9 Å². The summed E-state index contributed by atoms with van der Waals surface area (Å²) in [5.74, 6) is 0.0738. The number of fused-ring (bicyclic) bond motifs is 1. The van der Waals surface area contributed by atoms with E-state index < -0.39 is 6.04 Å². The number of anilines is 3. The third kappa shape index (κ3) is 3.76. The Hall–Kier alpha value is -3.57. The molecule has 3 aromatic rings. The van der Waals surface area contributed by atoms with Gasteiger partial charge in [0.1, 0.15) is 0 Å². The molecule has 1 aliphatic heterocycles. The van der Waals surface area contributed by atoms with E-state index in [1.165, 1.54) is 0 Å². The molecule has 1 unspecified atom stereocenters. The molecule has 0 spiro atoms. The fourth-order valence-corrected chi connectivity index (χ4v) is 4.55. The third-order valence-electron chi connectivity index (χ3n) is 5.87. The Balaban J connectivity index is 1.68. The van der Waals surface area contributed by atoms with Crippen LogP contribution in [-0.2, 0) is 4.79 Å². The van der Waals surface area contributed by atoms with Crippen molar-refractivity contribution in [3.8, 4) is 0 Å². The molecule has 1 aliphatic carbocycles. The topological polar surface area (TPSA) is 61.4 Å². The molecule has 2 amide bonds. The Bertz CT molecular complexity index is 1210. The van der Waals surface area contributed by atoms with Crippen LogP contribution in [0.5, 0.6) is 0 Å². The Labute approximate surface area is 191 Å². The van der Waals surface area contributed by atoms with Crippen molar-refractivity contribution in [2.45, 2.75) is 25.3 Å². The second-order valence-corrected chi connectivity index (χ2v) is 8.37. The minimum atomic E-state index is -0.539. The van der Waals surface area contributed by atoms with E-state index in [-0.39, 0.29) is 11.8 Å². The summed E-state index contributed by atoms with van der Waals surface area (Å²) in [6.45, 7) is 0. The largest absolute Gasteiger partial charge is 0.357 e. The van der Waals surface area contributed by atoms with Gasteiger partial charge < -0.3 is 10.6 Å². The molecule has 1 atom stereocenters. The lowest BCUT2D eigenvalue weighted by atomic mass is 9.86. The molecule has 0 radical (unpaired) electrons. The highest BCUT2D eigenvalue weighted by molar-refractivity contribution is 6.30. The average molecular weight is 444 g/mol. The fraction of sp³-hybridized carbons (Fsp3) is 0.154. The predicted octanol–water partition coefficient (Wildman–Crippen LogP) is 6.55. The van der Waals surface area contributed by atoms with E-state index >= 15 is 0 Å². The lowest BCUT2D eigenvalue weighted by Gasteiger charge is -2.33. The number of nitrogens with one attached hydrogen (secondary N) is 2. The molecule has 5 rings (SSSR count). The Morgan fingerprint density at radius 1 is 0.938 bits per heavy atom. The van der Waals surface area contributed by atoms with Crippen LogP contribution in [0.2, 0.25) is 5.02 Å². The SMILES string of the molecule is O=C1CCCC2=C1C(c1ccccc1)N(C(=O)Nc1ccc(Cl)cc1)c1ccccc1N2. The van der Waals surface area contributed by atoms with Gasteiger partial charge in [-0.15, -0.1) is 0 Å². The molecule has 0 saturated carbocycles. The van der Waals surface area contributed by atoms with Crippen molar-refractivity contribution in [3.63, 3.8) is 0 Å². The number of ketones is 1. The first kappa shape index (κ1) is 20.3. The van der Waals surface area contributed by atoms with Gasteiger partial charge in [0.2, 0.25) is 0 Å². The lowest BCUT2D eigenvalue weighted by molar-refractivity contribution is -0.116. The Morgan fingerprint density at radius 2 is 1.66 bits per heavy atom. The van der Waals surface area contributed by atoms with E-state index in [1.54, 1.807) is 29.2 Å². The highest BCUT2D eigenvalue weighted by atomic mass is 35.5. The van der Waals surface area contributed by atoms with Gasteiger partial charge in [-0.1, -0.05) is 54.1 Å². The number of benzene rings is 3. The molecule has 0 aromatic heterocycles. The van der Waals surface area contributed by atoms with Crippen molar-refractivity contribution < 1.29 is 9.59 Å². The normalized spacial score (nSPS) is 17.7. The number of hydrogen-bond donors (Lipinski definition) is 2. The minimum absolute atomic E-state index is 0.0738. The van der Waals surface area contributed by atoms with Gasteiger partial charge in [-0.3, -0.25) is 9.69 Å². The number of carbonyl (C=O) groups is 2. The zero-order valence-electron chi connectivity index (χ0n) is 17.3. The third-order valence-corrected chi connectivity index (χ3v) is 6.12. The number of hydrogen-bond acceptors (Lipinski definition) is 3. The number of halogens is 1. The molecular weight excluding hydrogens is 422 g/mol. The van der Waals surface area contributed by atoms with Crippen LogP contribution in [0.15, 0.2) is 90.1 Å². The van der Waals surface area contributed by atoms with Gasteiger partial charge in [0.25, 0.3) is 0 Å². The molecule has 6 heteroatoms. The molecule has 2 aliphatic rings. The maximum absolute atomic E-state index is 13.8. The van der Waals surface area contributed by atoms with E-state index in [0.29, 0.717) is 22.7 Å². The Morgan fingerprint density at radius 3 is 2.44 bits per heavy atom. The number of para-hydroxylation sites is 2. The summed E-state index contributed by atoms with van der Waals surface area (Å²) in [5, 5.41) is 7.05. The summed E-state index contributed by atoms with van der Waals surface area (Å²) in [5.41, 5.74) is 4.59. The molecule has 160 valence electrons. The van der Waals surface area contributed by atoms with Crippen LogP contribution in [-0.4, -0.2) is 11.8 Å². The van der Waals surface area contributed by atoms with Gasteiger partial charge in [-0.05, 0) is 54.8 Å². The average Bonchev–Trinajstić information content (AvgIpc) is 2.96. The van der Waals surface area contributed by atoms with Crippen LogP contribution in [0.3, 0.4) is 0 Å². The molecule has 1 heterocycles. The van der Waals surface area contributed by atoms with Gasteiger partial charge in [-0.25, -0.2) is 4.79 Å². The molecule has 2 N–H and O–H groups in total. The number of nitrogens with zero attached hydrogens (tertiary/aromatic N) is 1.